The fourth-order valence-electron chi connectivity index (χ4n) is 3.36. The fourth-order valence-corrected chi connectivity index (χ4v) is 6.79. The van der Waals surface area contributed by atoms with Crippen molar-refractivity contribution in [1.29, 1.82) is 0 Å². The van der Waals surface area contributed by atoms with Crippen molar-refractivity contribution in [2.75, 3.05) is 21.0 Å². The van der Waals surface area contributed by atoms with Crippen LogP contribution in [0.3, 0.4) is 0 Å². The highest BCUT2D eigenvalue weighted by Crippen LogP contribution is 2.52. The maximum Gasteiger partial charge on any atom is 0.335 e. The smallest absolute Gasteiger partial charge is 0.335 e. The maximum absolute atomic E-state index is 14.7. The quantitative estimate of drug-likeness (QED) is 0.325. The summed E-state index contributed by atoms with van der Waals surface area (Å²) >= 11 is 0. The lowest BCUT2D eigenvalue weighted by Gasteiger charge is -2.33. The molecule has 0 fully saturated rings. The number of carbonyl (C=O) groups is 1. The Morgan fingerprint density at radius 2 is 1.50 bits per heavy atom. The summed E-state index contributed by atoms with van der Waals surface area (Å²) in [5.41, 5.74) is -0.556. The molecule has 28 heavy (non-hydrogen) atoms. The molecular formula is C22H29O5P. The molecule has 0 unspecified atom stereocenters. The summed E-state index contributed by atoms with van der Waals surface area (Å²) in [5, 5.41) is 1.41. The minimum atomic E-state index is -3.21. The van der Waals surface area contributed by atoms with E-state index >= 15 is 0 Å². The van der Waals surface area contributed by atoms with Crippen LogP contribution in [0.15, 0.2) is 60.7 Å². The Balaban J connectivity index is 2.64. The number of rotatable bonds is 11. The van der Waals surface area contributed by atoms with Crippen molar-refractivity contribution >= 4 is 23.7 Å². The van der Waals surface area contributed by atoms with Gasteiger partial charge >= 0.3 is 5.97 Å². The summed E-state index contributed by atoms with van der Waals surface area (Å²) < 4.78 is 30.5. The first-order valence-corrected chi connectivity index (χ1v) is 11.3. The SMILES string of the molecule is CCCC[C@H]([C@H](OCOC)C(=O)OC)P(=O)(c1ccccc1)c1ccccc1. The van der Waals surface area contributed by atoms with Crippen molar-refractivity contribution in [3.05, 3.63) is 60.7 Å². The number of unbranched alkanes of at least 4 members (excludes halogenated alkanes) is 1. The molecule has 0 aliphatic carbocycles. The third-order valence-electron chi connectivity index (χ3n) is 4.75. The minimum absolute atomic E-state index is 0.0774. The van der Waals surface area contributed by atoms with E-state index in [0.29, 0.717) is 17.0 Å². The monoisotopic (exact) mass is 404 g/mol. The standard InChI is InChI=1S/C22H29O5P/c1-4-5-16-20(21(22(23)26-3)27-17-25-2)28(24,18-12-8-6-9-13-18)19-14-10-7-11-15-19/h6-15,20-21H,4-5,16-17H2,1-3H3/t20-,21+/m1/s1. The number of ether oxygens (including phenoxy) is 3. The summed E-state index contributed by atoms with van der Waals surface area (Å²) in [6.07, 6.45) is 1.32. The summed E-state index contributed by atoms with van der Waals surface area (Å²) in [7, 11) is -0.401. The average molecular weight is 404 g/mol. The van der Waals surface area contributed by atoms with Crippen LogP contribution in [0.1, 0.15) is 26.2 Å². The normalized spacial score (nSPS) is 13.7. The van der Waals surface area contributed by atoms with E-state index in [1.165, 1.54) is 14.2 Å². The zero-order valence-corrected chi connectivity index (χ0v) is 17.6. The highest BCUT2D eigenvalue weighted by atomic mass is 31.2. The van der Waals surface area contributed by atoms with Gasteiger partial charge in [0.05, 0.1) is 12.8 Å². The van der Waals surface area contributed by atoms with Crippen LogP contribution in [0.4, 0.5) is 0 Å². The number of methoxy groups -OCH3 is 2. The topological polar surface area (TPSA) is 61.8 Å². The van der Waals surface area contributed by atoms with Gasteiger partial charge in [-0.3, -0.25) is 0 Å². The Morgan fingerprint density at radius 3 is 1.93 bits per heavy atom. The molecule has 0 aliphatic rings. The van der Waals surface area contributed by atoms with E-state index in [9.17, 15) is 9.36 Å². The van der Waals surface area contributed by atoms with E-state index in [0.717, 1.165) is 12.8 Å². The van der Waals surface area contributed by atoms with Crippen molar-refractivity contribution < 1.29 is 23.6 Å². The average Bonchev–Trinajstić information content (AvgIpc) is 2.76. The Kier molecular flexibility index (Phi) is 8.91. The molecule has 0 saturated heterocycles. The van der Waals surface area contributed by atoms with Crippen molar-refractivity contribution in [1.82, 2.24) is 0 Å². The number of carbonyl (C=O) groups excluding carboxylic acids is 1. The molecule has 2 aromatic rings. The number of benzene rings is 2. The van der Waals surface area contributed by atoms with E-state index in [1.54, 1.807) is 0 Å². The van der Waals surface area contributed by atoms with E-state index in [2.05, 4.69) is 6.92 Å². The van der Waals surface area contributed by atoms with Crippen LogP contribution < -0.4 is 10.6 Å². The first kappa shape index (κ1) is 22.4. The highest BCUT2D eigenvalue weighted by molar-refractivity contribution is 7.79. The molecule has 0 bridgehead atoms. The minimum Gasteiger partial charge on any atom is -0.467 e. The Labute approximate surface area is 167 Å². The molecule has 0 amide bonds. The van der Waals surface area contributed by atoms with Gasteiger partial charge in [0.1, 0.15) is 13.9 Å². The van der Waals surface area contributed by atoms with Gasteiger partial charge in [-0.05, 0) is 6.42 Å². The van der Waals surface area contributed by atoms with Gasteiger partial charge in [-0.25, -0.2) is 4.79 Å². The Bertz CT molecular complexity index is 720. The van der Waals surface area contributed by atoms with Gasteiger partial charge in [0.15, 0.2) is 6.10 Å². The van der Waals surface area contributed by atoms with Crippen LogP contribution in [0.5, 0.6) is 0 Å². The lowest BCUT2D eigenvalue weighted by molar-refractivity contribution is -0.162. The maximum atomic E-state index is 14.7. The van der Waals surface area contributed by atoms with Gasteiger partial charge in [0, 0.05) is 17.7 Å². The predicted molar refractivity (Wildman–Crippen MR) is 112 cm³/mol. The molecule has 6 heteroatoms. The summed E-state index contributed by atoms with van der Waals surface area (Å²) in [6.45, 7) is 1.99. The molecule has 2 rings (SSSR count). The van der Waals surface area contributed by atoms with Gasteiger partial charge in [0.2, 0.25) is 0 Å². The van der Waals surface area contributed by atoms with Gasteiger partial charge in [-0.1, -0.05) is 80.4 Å². The third-order valence-corrected chi connectivity index (χ3v) is 8.34. The number of hydrogen-bond donors (Lipinski definition) is 0. The largest absolute Gasteiger partial charge is 0.467 e. The molecule has 0 aliphatic heterocycles. The molecule has 2 atom stereocenters. The molecule has 0 heterocycles. The van der Waals surface area contributed by atoms with Crippen molar-refractivity contribution in [2.45, 2.75) is 37.9 Å². The van der Waals surface area contributed by atoms with Crippen LogP contribution >= 0.6 is 7.14 Å². The van der Waals surface area contributed by atoms with Gasteiger partial charge < -0.3 is 18.8 Å². The van der Waals surface area contributed by atoms with E-state index < -0.39 is 24.9 Å². The van der Waals surface area contributed by atoms with E-state index in [4.69, 9.17) is 14.2 Å². The Morgan fingerprint density at radius 1 is 0.964 bits per heavy atom. The second-order valence-corrected chi connectivity index (χ2v) is 9.57. The van der Waals surface area contributed by atoms with Crippen molar-refractivity contribution in [3.63, 3.8) is 0 Å². The van der Waals surface area contributed by atoms with Crippen LogP contribution in [0, 0.1) is 0 Å². The lowest BCUT2D eigenvalue weighted by atomic mass is 10.1. The second kappa shape index (κ2) is 11.2. The summed E-state index contributed by atoms with van der Waals surface area (Å²) in [6, 6.07) is 18.7. The second-order valence-electron chi connectivity index (χ2n) is 6.56. The fraction of sp³-hybridized carbons (Fsp3) is 0.409. The summed E-state index contributed by atoms with van der Waals surface area (Å²) in [5.74, 6) is -0.537. The molecule has 0 saturated carbocycles. The van der Waals surface area contributed by atoms with E-state index in [-0.39, 0.29) is 6.79 Å². The molecule has 0 radical (unpaired) electrons. The molecule has 152 valence electrons. The molecule has 0 aromatic heterocycles. The van der Waals surface area contributed by atoms with Crippen LogP contribution in [0.25, 0.3) is 0 Å². The molecular weight excluding hydrogens is 375 g/mol. The first-order valence-electron chi connectivity index (χ1n) is 9.48. The van der Waals surface area contributed by atoms with Crippen LogP contribution in [-0.4, -0.2) is 38.7 Å². The number of hydrogen-bond acceptors (Lipinski definition) is 5. The molecule has 0 spiro atoms. The van der Waals surface area contributed by atoms with Gasteiger partial charge in [-0.15, -0.1) is 0 Å². The van der Waals surface area contributed by atoms with Gasteiger partial charge in [-0.2, -0.15) is 0 Å². The van der Waals surface area contributed by atoms with Crippen molar-refractivity contribution in [2.24, 2.45) is 0 Å². The predicted octanol–water partition coefficient (Wildman–Crippen LogP) is 3.72. The first-order chi connectivity index (χ1) is 13.6. The zero-order valence-electron chi connectivity index (χ0n) is 16.7. The summed E-state index contributed by atoms with van der Waals surface area (Å²) in [4.78, 5) is 12.6. The van der Waals surface area contributed by atoms with Crippen LogP contribution in [0.2, 0.25) is 0 Å². The number of esters is 1. The molecule has 0 N–H and O–H groups in total. The van der Waals surface area contributed by atoms with Gasteiger partial charge in [0.25, 0.3) is 0 Å². The van der Waals surface area contributed by atoms with Crippen molar-refractivity contribution in [3.8, 4) is 0 Å². The van der Waals surface area contributed by atoms with Crippen LogP contribution in [-0.2, 0) is 23.6 Å². The van der Waals surface area contributed by atoms with E-state index in [1.807, 2.05) is 60.7 Å². The molecule has 5 nitrogen and oxygen atoms in total. The Hall–Kier alpha value is -1.94. The zero-order chi connectivity index (χ0) is 20.4. The highest BCUT2D eigenvalue weighted by Gasteiger charge is 2.45. The third kappa shape index (κ3) is 5.11. The lowest BCUT2D eigenvalue weighted by Crippen LogP contribution is -2.42. The molecule has 2 aromatic carbocycles.